The van der Waals surface area contributed by atoms with Gasteiger partial charge in [0.2, 0.25) is 0 Å². The number of carbonyl (C=O) groups is 1. The van der Waals surface area contributed by atoms with Crippen molar-refractivity contribution in [3.8, 4) is 5.75 Å². The first-order valence-electron chi connectivity index (χ1n) is 9.37. The average Bonchev–Trinajstić information content (AvgIpc) is 2.62. The lowest BCUT2D eigenvalue weighted by molar-refractivity contribution is -0.128. The van der Waals surface area contributed by atoms with Crippen LogP contribution in [0.1, 0.15) is 48.6 Å². The van der Waals surface area contributed by atoms with Gasteiger partial charge in [0.15, 0.2) is 15.9 Å². The molecule has 0 bridgehead atoms. The number of hydrogen-bond acceptors (Lipinski definition) is 4. The van der Waals surface area contributed by atoms with Crippen molar-refractivity contribution in [1.29, 1.82) is 0 Å². The van der Waals surface area contributed by atoms with Crippen LogP contribution in [0.15, 0.2) is 41.3 Å². The summed E-state index contributed by atoms with van der Waals surface area (Å²) in [6, 6.07) is 10.4. The van der Waals surface area contributed by atoms with Gasteiger partial charge in [0.05, 0.1) is 10.9 Å². The number of ether oxygens (including phenoxy) is 1. The number of carbonyl (C=O) groups excluding carboxylic acids is 1. The molecule has 0 aliphatic carbocycles. The molecule has 28 heavy (non-hydrogen) atoms. The van der Waals surface area contributed by atoms with Crippen LogP contribution in [0.5, 0.6) is 5.75 Å². The van der Waals surface area contributed by atoms with Crippen molar-refractivity contribution in [2.24, 2.45) is 0 Å². The van der Waals surface area contributed by atoms with Crippen LogP contribution in [-0.4, -0.2) is 26.7 Å². The fourth-order valence-electron chi connectivity index (χ4n) is 3.02. The molecule has 0 saturated carbocycles. The molecule has 0 unspecified atom stereocenters. The predicted octanol–water partition coefficient (Wildman–Crippen LogP) is 4.05. The van der Waals surface area contributed by atoms with Gasteiger partial charge in [-0.3, -0.25) is 4.79 Å². The summed E-state index contributed by atoms with van der Waals surface area (Å²) >= 11 is 0. The van der Waals surface area contributed by atoms with Crippen molar-refractivity contribution in [3.63, 3.8) is 0 Å². The van der Waals surface area contributed by atoms with Crippen molar-refractivity contribution < 1.29 is 17.9 Å². The molecule has 0 aromatic heterocycles. The number of hydrogen-bond donors (Lipinski definition) is 1. The third kappa shape index (κ3) is 5.35. The van der Waals surface area contributed by atoms with E-state index in [1.165, 1.54) is 6.26 Å². The maximum atomic E-state index is 12.7. The molecule has 0 aliphatic rings. The summed E-state index contributed by atoms with van der Waals surface area (Å²) < 4.78 is 29.1. The van der Waals surface area contributed by atoms with E-state index in [4.69, 9.17) is 4.74 Å². The zero-order valence-electron chi connectivity index (χ0n) is 17.4. The smallest absolute Gasteiger partial charge is 0.261 e. The molecule has 0 radical (unpaired) electrons. The second-order valence-corrected chi connectivity index (χ2v) is 9.29. The first kappa shape index (κ1) is 22.0. The third-order valence-electron chi connectivity index (χ3n) is 4.87. The molecule has 2 aromatic rings. The zero-order chi connectivity index (χ0) is 21.1. The van der Waals surface area contributed by atoms with Gasteiger partial charge in [0.1, 0.15) is 5.75 Å². The van der Waals surface area contributed by atoms with Crippen molar-refractivity contribution in [2.45, 2.75) is 58.1 Å². The first-order chi connectivity index (χ1) is 13.0. The number of nitrogens with one attached hydrogen (secondary N) is 1. The van der Waals surface area contributed by atoms with Gasteiger partial charge in [-0.1, -0.05) is 25.1 Å². The van der Waals surface area contributed by atoms with Crippen molar-refractivity contribution in [3.05, 3.63) is 58.7 Å². The molecule has 6 heteroatoms. The van der Waals surface area contributed by atoms with Gasteiger partial charge in [-0.05, 0) is 74.6 Å². The maximum Gasteiger partial charge on any atom is 0.261 e. The van der Waals surface area contributed by atoms with Gasteiger partial charge in [0, 0.05) is 6.26 Å². The van der Waals surface area contributed by atoms with Gasteiger partial charge in [0.25, 0.3) is 5.91 Å². The Morgan fingerprint density at radius 1 is 1.11 bits per heavy atom. The summed E-state index contributed by atoms with van der Waals surface area (Å²) in [5, 5.41) is 3.00. The summed E-state index contributed by atoms with van der Waals surface area (Å²) in [5.74, 6) is 0.503. The van der Waals surface area contributed by atoms with E-state index in [9.17, 15) is 13.2 Å². The predicted molar refractivity (Wildman–Crippen MR) is 111 cm³/mol. The van der Waals surface area contributed by atoms with E-state index in [0.29, 0.717) is 12.2 Å². The Morgan fingerprint density at radius 2 is 1.71 bits per heavy atom. The van der Waals surface area contributed by atoms with E-state index >= 15 is 0 Å². The highest BCUT2D eigenvalue weighted by Crippen LogP contribution is 2.25. The Balaban J connectivity index is 2.11. The maximum absolute atomic E-state index is 12.7. The molecule has 0 fully saturated rings. The highest BCUT2D eigenvalue weighted by molar-refractivity contribution is 7.90. The lowest BCUT2D eigenvalue weighted by Gasteiger charge is -2.22. The van der Waals surface area contributed by atoms with E-state index in [-0.39, 0.29) is 16.8 Å². The van der Waals surface area contributed by atoms with Crippen molar-refractivity contribution in [1.82, 2.24) is 5.32 Å². The molecular formula is C22H29NO4S. The molecule has 0 spiro atoms. The summed E-state index contributed by atoms with van der Waals surface area (Å²) in [6.45, 7) is 9.69. The topological polar surface area (TPSA) is 72.5 Å². The monoisotopic (exact) mass is 403 g/mol. The van der Waals surface area contributed by atoms with Crippen LogP contribution in [0.4, 0.5) is 0 Å². The second kappa shape index (κ2) is 8.78. The standard InChI is InChI=1S/C22H29NO4S/c1-7-20(18-8-10-19(11-9-18)28(6,25)26)23-22(24)17(5)27-21-13-14(2)12-15(3)16(21)4/h8-13,17,20H,7H2,1-6H3,(H,23,24)/t17-,20-/m1/s1. The molecule has 0 saturated heterocycles. The van der Waals surface area contributed by atoms with Crippen LogP contribution in [-0.2, 0) is 14.6 Å². The normalized spacial score (nSPS) is 13.6. The number of amides is 1. The van der Waals surface area contributed by atoms with Gasteiger partial charge >= 0.3 is 0 Å². The molecule has 5 nitrogen and oxygen atoms in total. The largest absolute Gasteiger partial charge is 0.481 e. The molecule has 2 rings (SSSR count). The van der Waals surface area contributed by atoms with Gasteiger partial charge < -0.3 is 10.1 Å². The lowest BCUT2D eigenvalue weighted by Crippen LogP contribution is -2.38. The van der Waals surface area contributed by atoms with Crippen LogP contribution in [0.2, 0.25) is 0 Å². The van der Waals surface area contributed by atoms with Crippen LogP contribution < -0.4 is 10.1 Å². The lowest BCUT2D eigenvalue weighted by atomic mass is 10.0. The minimum absolute atomic E-state index is 0.211. The van der Waals surface area contributed by atoms with Gasteiger partial charge in [-0.15, -0.1) is 0 Å². The third-order valence-corrected chi connectivity index (χ3v) is 6.00. The highest BCUT2D eigenvalue weighted by Gasteiger charge is 2.21. The van der Waals surface area contributed by atoms with Gasteiger partial charge in [-0.25, -0.2) is 8.42 Å². The molecular weight excluding hydrogens is 374 g/mol. The summed E-state index contributed by atoms with van der Waals surface area (Å²) in [7, 11) is -3.24. The van der Waals surface area contributed by atoms with Crippen LogP contribution in [0, 0.1) is 20.8 Å². The number of sulfone groups is 1. The second-order valence-electron chi connectivity index (χ2n) is 7.28. The SMILES string of the molecule is CC[C@@H](NC(=O)[C@@H](C)Oc1cc(C)cc(C)c1C)c1ccc(S(C)(=O)=O)cc1. The zero-order valence-corrected chi connectivity index (χ0v) is 18.2. The number of rotatable bonds is 7. The minimum Gasteiger partial charge on any atom is -0.481 e. The Bertz CT molecular complexity index is 949. The molecule has 1 N–H and O–H groups in total. The molecule has 1 amide bonds. The van der Waals surface area contributed by atoms with E-state index in [1.54, 1.807) is 31.2 Å². The molecule has 0 aliphatic heterocycles. The molecule has 0 heterocycles. The summed E-state index contributed by atoms with van der Waals surface area (Å²) in [6.07, 6.45) is 1.21. The summed E-state index contributed by atoms with van der Waals surface area (Å²) in [5.41, 5.74) is 4.09. The van der Waals surface area contributed by atoms with E-state index in [0.717, 1.165) is 22.3 Å². The highest BCUT2D eigenvalue weighted by atomic mass is 32.2. The Morgan fingerprint density at radius 3 is 2.25 bits per heavy atom. The molecule has 152 valence electrons. The number of aryl methyl sites for hydroxylation is 2. The van der Waals surface area contributed by atoms with E-state index < -0.39 is 15.9 Å². The number of benzene rings is 2. The van der Waals surface area contributed by atoms with E-state index in [1.807, 2.05) is 33.8 Å². The fraction of sp³-hybridized carbons (Fsp3) is 0.409. The Labute approximate surface area is 168 Å². The quantitative estimate of drug-likeness (QED) is 0.757. The van der Waals surface area contributed by atoms with Gasteiger partial charge in [-0.2, -0.15) is 0 Å². The Hall–Kier alpha value is -2.34. The average molecular weight is 404 g/mol. The fourth-order valence-corrected chi connectivity index (χ4v) is 3.66. The first-order valence-corrected chi connectivity index (χ1v) is 11.3. The van der Waals surface area contributed by atoms with Crippen LogP contribution in [0.25, 0.3) is 0 Å². The van der Waals surface area contributed by atoms with Crippen molar-refractivity contribution >= 4 is 15.7 Å². The van der Waals surface area contributed by atoms with Crippen molar-refractivity contribution in [2.75, 3.05) is 6.26 Å². The minimum atomic E-state index is -3.24. The van der Waals surface area contributed by atoms with Crippen LogP contribution >= 0.6 is 0 Å². The van der Waals surface area contributed by atoms with E-state index in [2.05, 4.69) is 11.4 Å². The molecule has 2 atom stereocenters. The Kier molecular flexibility index (Phi) is 6.88. The molecule has 2 aromatic carbocycles. The van der Waals surface area contributed by atoms with Crippen LogP contribution in [0.3, 0.4) is 0 Å². The summed E-state index contributed by atoms with van der Waals surface area (Å²) in [4.78, 5) is 12.9.